The smallest absolute Gasteiger partial charge is 0.313 e. The number of hydrogen-bond donors (Lipinski definition) is 1. The van der Waals surface area contributed by atoms with E-state index in [1.807, 2.05) is 18.2 Å². The van der Waals surface area contributed by atoms with E-state index in [1.165, 1.54) is 5.56 Å². The van der Waals surface area contributed by atoms with Gasteiger partial charge in [-0.1, -0.05) is 37.3 Å². The predicted molar refractivity (Wildman–Crippen MR) is 59.9 cm³/mol. The van der Waals surface area contributed by atoms with Gasteiger partial charge in [0.05, 0.1) is 0 Å². The van der Waals surface area contributed by atoms with E-state index in [2.05, 4.69) is 24.0 Å². The van der Waals surface area contributed by atoms with Crippen molar-refractivity contribution >= 4 is 0 Å². The van der Waals surface area contributed by atoms with Crippen molar-refractivity contribution in [2.75, 3.05) is 0 Å². The van der Waals surface area contributed by atoms with Gasteiger partial charge in [-0.05, 0) is 11.5 Å². The number of imidazole rings is 1. The first-order valence-electron chi connectivity index (χ1n) is 5.06. The summed E-state index contributed by atoms with van der Waals surface area (Å²) in [5.41, 5.74) is 1.21. The van der Waals surface area contributed by atoms with E-state index in [0.29, 0.717) is 12.5 Å². The van der Waals surface area contributed by atoms with Crippen LogP contribution < -0.4 is 5.69 Å². The van der Waals surface area contributed by atoms with Gasteiger partial charge in [-0.15, -0.1) is 0 Å². The average Bonchev–Trinajstić information content (AvgIpc) is 2.66. The van der Waals surface area contributed by atoms with Crippen LogP contribution >= 0.6 is 0 Å². The van der Waals surface area contributed by atoms with Crippen molar-refractivity contribution in [1.82, 2.24) is 9.55 Å². The van der Waals surface area contributed by atoms with E-state index in [4.69, 9.17) is 0 Å². The monoisotopic (exact) mass is 202 g/mol. The Hall–Kier alpha value is -1.77. The minimum absolute atomic E-state index is 0.0437. The third kappa shape index (κ3) is 2.18. The van der Waals surface area contributed by atoms with Crippen LogP contribution in [0.15, 0.2) is 47.5 Å². The minimum atomic E-state index is -0.0437. The lowest BCUT2D eigenvalue weighted by molar-refractivity contribution is 0.582. The second-order valence-electron chi connectivity index (χ2n) is 3.73. The lowest BCUT2D eigenvalue weighted by atomic mass is 10.0. The quantitative estimate of drug-likeness (QED) is 0.812. The van der Waals surface area contributed by atoms with E-state index in [-0.39, 0.29) is 5.69 Å². The molecule has 0 aliphatic carbocycles. The van der Waals surface area contributed by atoms with Crippen molar-refractivity contribution in [1.29, 1.82) is 0 Å². The zero-order chi connectivity index (χ0) is 10.7. The van der Waals surface area contributed by atoms with Gasteiger partial charge < -0.3 is 4.98 Å². The van der Waals surface area contributed by atoms with Gasteiger partial charge in [-0.25, -0.2) is 4.79 Å². The van der Waals surface area contributed by atoms with Crippen LogP contribution in [0.3, 0.4) is 0 Å². The second-order valence-corrected chi connectivity index (χ2v) is 3.73. The number of nitrogens with one attached hydrogen (secondary N) is 1. The molecule has 0 amide bonds. The Morgan fingerprint density at radius 2 is 2.07 bits per heavy atom. The molecule has 2 aromatic rings. The maximum absolute atomic E-state index is 11.3. The van der Waals surface area contributed by atoms with Crippen LogP contribution in [-0.2, 0) is 6.54 Å². The van der Waals surface area contributed by atoms with Crippen LogP contribution in [0, 0.1) is 0 Å². The minimum Gasteiger partial charge on any atom is -0.313 e. The topological polar surface area (TPSA) is 37.8 Å². The maximum Gasteiger partial charge on any atom is 0.325 e. The molecule has 0 radical (unpaired) electrons. The summed E-state index contributed by atoms with van der Waals surface area (Å²) in [6.45, 7) is 2.83. The van der Waals surface area contributed by atoms with Crippen LogP contribution in [-0.4, -0.2) is 9.55 Å². The maximum atomic E-state index is 11.3. The molecule has 1 unspecified atom stereocenters. The van der Waals surface area contributed by atoms with Gasteiger partial charge in [0.15, 0.2) is 0 Å². The van der Waals surface area contributed by atoms with Gasteiger partial charge in [0, 0.05) is 18.9 Å². The average molecular weight is 202 g/mol. The largest absolute Gasteiger partial charge is 0.325 e. The molecule has 15 heavy (non-hydrogen) atoms. The summed E-state index contributed by atoms with van der Waals surface area (Å²) in [5, 5.41) is 0. The Balaban J connectivity index is 2.14. The van der Waals surface area contributed by atoms with E-state index < -0.39 is 0 Å². The van der Waals surface area contributed by atoms with Crippen LogP contribution in [0.5, 0.6) is 0 Å². The fraction of sp³-hybridized carbons (Fsp3) is 0.250. The van der Waals surface area contributed by atoms with Crippen molar-refractivity contribution in [2.45, 2.75) is 19.4 Å². The molecule has 1 aromatic heterocycles. The Morgan fingerprint density at radius 3 is 2.67 bits per heavy atom. The van der Waals surface area contributed by atoms with Crippen molar-refractivity contribution in [3.8, 4) is 0 Å². The van der Waals surface area contributed by atoms with Gasteiger partial charge >= 0.3 is 5.69 Å². The van der Waals surface area contributed by atoms with Crippen molar-refractivity contribution in [3.63, 3.8) is 0 Å². The summed E-state index contributed by atoms with van der Waals surface area (Å²) in [6, 6.07) is 10.2. The van der Waals surface area contributed by atoms with Gasteiger partial charge in [-0.3, -0.25) is 4.57 Å². The number of aromatic nitrogens is 2. The Morgan fingerprint density at radius 1 is 1.33 bits per heavy atom. The lowest BCUT2D eigenvalue weighted by Gasteiger charge is -2.11. The van der Waals surface area contributed by atoms with E-state index in [9.17, 15) is 4.79 Å². The molecule has 2 rings (SSSR count). The number of benzene rings is 1. The number of hydrogen-bond acceptors (Lipinski definition) is 1. The zero-order valence-electron chi connectivity index (χ0n) is 8.68. The highest BCUT2D eigenvalue weighted by molar-refractivity contribution is 5.18. The van der Waals surface area contributed by atoms with Crippen LogP contribution in [0.1, 0.15) is 18.4 Å². The third-order valence-corrected chi connectivity index (χ3v) is 2.56. The van der Waals surface area contributed by atoms with Crippen molar-refractivity contribution < 1.29 is 0 Å². The first-order chi connectivity index (χ1) is 7.27. The zero-order valence-corrected chi connectivity index (χ0v) is 8.68. The first kappa shape index (κ1) is 9.77. The Labute approximate surface area is 88.4 Å². The lowest BCUT2D eigenvalue weighted by Crippen LogP contribution is -2.19. The molecule has 0 saturated heterocycles. The van der Waals surface area contributed by atoms with E-state index in [1.54, 1.807) is 17.0 Å². The van der Waals surface area contributed by atoms with Gasteiger partial charge in [-0.2, -0.15) is 0 Å². The highest BCUT2D eigenvalue weighted by Crippen LogP contribution is 2.15. The highest BCUT2D eigenvalue weighted by atomic mass is 16.1. The molecule has 1 N–H and O–H groups in total. The Bertz CT molecular complexity index is 470. The molecule has 1 atom stereocenters. The molecule has 78 valence electrons. The van der Waals surface area contributed by atoms with Crippen molar-refractivity contribution in [2.24, 2.45) is 0 Å². The number of rotatable bonds is 3. The predicted octanol–water partition coefficient (Wildman–Crippen LogP) is 1.98. The van der Waals surface area contributed by atoms with Gasteiger partial charge in [0.25, 0.3) is 0 Å². The summed E-state index contributed by atoms with van der Waals surface area (Å²) in [6.07, 6.45) is 3.45. The van der Waals surface area contributed by atoms with Crippen LogP contribution in [0.2, 0.25) is 0 Å². The highest BCUT2D eigenvalue weighted by Gasteiger charge is 2.06. The molecule has 1 heterocycles. The van der Waals surface area contributed by atoms with Crippen molar-refractivity contribution in [3.05, 3.63) is 58.8 Å². The molecule has 0 aliphatic rings. The summed E-state index contributed by atoms with van der Waals surface area (Å²) in [7, 11) is 0. The van der Waals surface area contributed by atoms with Gasteiger partial charge in [0.2, 0.25) is 0 Å². The molecule has 3 nitrogen and oxygen atoms in total. The molecule has 0 bridgehead atoms. The first-order valence-corrected chi connectivity index (χ1v) is 5.06. The molecule has 0 fully saturated rings. The summed E-state index contributed by atoms with van der Waals surface area (Å²) < 4.78 is 1.69. The molecule has 0 saturated carbocycles. The Kier molecular flexibility index (Phi) is 2.72. The SMILES string of the molecule is CC(Cn1cc[nH]c1=O)c1ccccc1. The standard InChI is InChI=1S/C12H14N2O/c1-10(11-5-3-2-4-6-11)9-14-8-7-13-12(14)15/h2-8,10H,9H2,1H3,(H,13,15). The summed E-state index contributed by atoms with van der Waals surface area (Å²) >= 11 is 0. The molecule has 3 heteroatoms. The number of aromatic amines is 1. The molecular weight excluding hydrogens is 188 g/mol. The summed E-state index contributed by atoms with van der Waals surface area (Å²) in [4.78, 5) is 13.9. The van der Waals surface area contributed by atoms with E-state index >= 15 is 0 Å². The van der Waals surface area contributed by atoms with Crippen LogP contribution in [0.25, 0.3) is 0 Å². The van der Waals surface area contributed by atoms with Crippen LogP contribution in [0.4, 0.5) is 0 Å². The third-order valence-electron chi connectivity index (χ3n) is 2.56. The van der Waals surface area contributed by atoms with E-state index in [0.717, 1.165) is 0 Å². The molecule has 0 spiro atoms. The fourth-order valence-electron chi connectivity index (χ4n) is 1.67. The number of H-pyrrole nitrogens is 1. The molecular formula is C12H14N2O. The molecule has 0 aliphatic heterocycles. The van der Waals surface area contributed by atoms with Gasteiger partial charge in [0.1, 0.15) is 0 Å². The normalized spacial score (nSPS) is 12.6. The second kappa shape index (κ2) is 4.17. The molecule has 1 aromatic carbocycles. The fourth-order valence-corrected chi connectivity index (χ4v) is 1.67. The summed E-state index contributed by atoms with van der Waals surface area (Å²) in [5.74, 6) is 0.347. The number of nitrogens with zero attached hydrogens (tertiary/aromatic N) is 1.